The standard InChI is InChI=1S/C28H37N3O4/c1-28(2,3)35-27(33)31(17-10-15-23-11-6-4-7-12-23)19-20-34-26(32)29-25-16-18-30(22-25)21-24-13-8-5-9-14-24/h4-15,25H,16-22H2,1-3H3,(H,29,32)/b15-10+. The molecule has 1 aliphatic rings. The number of nitrogens with zero attached hydrogens (tertiary/aromatic N) is 2. The van der Waals surface area contributed by atoms with Gasteiger partial charge < -0.3 is 19.7 Å². The summed E-state index contributed by atoms with van der Waals surface area (Å²) in [4.78, 5) is 28.9. The summed E-state index contributed by atoms with van der Waals surface area (Å²) >= 11 is 0. The van der Waals surface area contributed by atoms with Crippen molar-refractivity contribution in [3.8, 4) is 0 Å². The molecule has 35 heavy (non-hydrogen) atoms. The van der Waals surface area contributed by atoms with E-state index < -0.39 is 17.8 Å². The first-order valence-electron chi connectivity index (χ1n) is 12.2. The Hall–Kier alpha value is -3.32. The van der Waals surface area contributed by atoms with Crippen LogP contribution >= 0.6 is 0 Å². The van der Waals surface area contributed by atoms with Crippen LogP contribution in [0.3, 0.4) is 0 Å². The van der Waals surface area contributed by atoms with Crippen molar-refractivity contribution in [2.45, 2.75) is 45.4 Å². The first-order valence-corrected chi connectivity index (χ1v) is 12.2. The number of hydrogen-bond acceptors (Lipinski definition) is 5. The monoisotopic (exact) mass is 479 g/mol. The Morgan fingerprint density at radius 1 is 1.09 bits per heavy atom. The number of carbonyl (C=O) groups excluding carboxylic acids is 2. The van der Waals surface area contributed by atoms with Crippen LogP contribution in [0.5, 0.6) is 0 Å². The predicted molar refractivity (Wildman–Crippen MR) is 138 cm³/mol. The molecule has 1 fully saturated rings. The maximum absolute atomic E-state index is 12.6. The highest BCUT2D eigenvalue weighted by atomic mass is 16.6. The first-order chi connectivity index (χ1) is 16.8. The lowest BCUT2D eigenvalue weighted by atomic mass is 10.2. The third kappa shape index (κ3) is 9.83. The van der Waals surface area contributed by atoms with Gasteiger partial charge in [-0.2, -0.15) is 0 Å². The number of hydrogen-bond donors (Lipinski definition) is 1. The number of carbonyl (C=O) groups is 2. The fourth-order valence-electron chi connectivity index (χ4n) is 3.86. The molecule has 7 heteroatoms. The number of alkyl carbamates (subject to hydrolysis) is 1. The quantitative estimate of drug-likeness (QED) is 0.552. The van der Waals surface area contributed by atoms with Crippen LogP contribution in [0.2, 0.25) is 0 Å². The van der Waals surface area contributed by atoms with E-state index in [1.54, 1.807) is 0 Å². The lowest BCUT2D eigenvalue weighted by molar-refractivity contribution is 0.0231. The van der Waals surface area contributed by atoms with Gasteiger partial charge in [0.05, 0.1) is 6.54 Å². The summed E-state index contributed by atoms with van der Waals surface area (Å²) in [5.74, 6) is 0. The van der Waals surface area contributed by atoms with Crippen molar-refractivity contribution in [1.82, 2.24) is 15.1 Å². The minimum absolute atomic E-state index is 0.0574. The van der Waals surface area contributed by atoms with Crippen molar-refractivity contribution >= 4 is 18.3 Å². The molecule has 0 spiro atoms. The van der Waals surface area contributed by atoms with Crippen molar-refractivity contribution in [2.75, 3.05) is 32.8 Å². The molecule has 1 N–H and O–H groups in total. The Bertz CT molecular complexity index is 957. The molecule has 0 bridgehead atoms. The van der Waals surface area contributed by atoms with Crippen molar-refractivity contribution in [1.29, 1.82) is 0 Å². The second kappa shape index (κ2) is 13.0. The molecule has 1 atom stereocenters. The van der Waals surface area contributed by atoms with E-state index in [0.717, 1.165) is 31.6 Å². The van der Waals surface area contributed by atoms with Gasteiger partial charge in [-0.15, -0.1) is 0 Å². The number of rotatable bonds is 9. The van der Waals surface area contributed by atoms with Gasteiger partial charge in [0.2, 0.25) is 0 Å². The van der Waals surface area contributed by atoms with E-state index in [0.29, 0.717) is 6.54 Å². The van der Waals surface area contributed by atoms with E-state index in [1.807, 2.05) is 81.5 Å². The summed E-state index contributed by atoms with van der Waals surface area (Å²) in [6.45, 7) is 8.76. The maximum atomic E-state index is 12.6. The molecule has 0 radical (unpaired) electrons. The molecule has 0 aromatic heterocycles. The van der Waals surface area contributed by atoms with E-state index in [1.165, 1.54) is 10.5 Å². The summed E-state index contributed by atoms with van der Waals surface area (Å²) in [5, 5.41) is 2.95. The molecule has 7 nitrogen and oxygen atoms in total. The van der Waals surface area contributed by atoms with Crippen LogP contribution < -0.4 is 5.32 Å². The van der Waals surface area contributed by atoms with E-state index in [2.05, 4.69) is 22.3 Å². The van der Waals surface area contributed by atoms with Crippen LogP contribution in [0.1, 0.15) is 38.3 Å². The average Bonchev–Trinajstić information content (AvgIpc) is 3.24. The Kier molecular flexibility index (Phi) is 9.73. The number of amides is 2. The summed E-state index contributed by atoms with van der Waals surface area (Å²) in [7, 11) is 0. The predicted octanol–water partition coefficient (Wildman–Crippen LogP) is 4.94. The van der Waals surface area contributed by atoms with Crippen molar-refractivity contribution < 1.29 is 19.1 Å². The van der Waals surface area contributed by atoms with Crippen molar-refractivity contribution in [3.63, 3.8) is 0 Å². The Labute approximate surface area is 208 Å². The van der Waals surface area contributed by atoms with Crippen LogP contribution in [0.4, 0.5) is 9.59 Å². The van der Waals surface area contributed by atoms with Crippen LogP contribution in [0.15, 0.2) is 66.7 Å². The lowest BCUT2D eigenvalue weighted by Gasteiger charge is -2.26. The summed E-state index contributed by atoms with van der Waals surface area (Å²) in [6.07, 6.45) is 3.84. The summed E-state index contributed by atoms with van der Waals surface area (Å²) in [6, 6.07) is 20.2. The molecule has 0 aliphatic carbocycles. The van der Waals surface area contributed by atoms with Gasteiger partial charge in [-0.3, -0.25) is 4.90 Å². The van der Waals surface area contributed by atoms with E-state index in [9.17, 15) is 9.59 Å². The topological polar surface area (TPSA) is 71.1 Å². The molecular formula is C28H37N3O4. The van der Waals surface area contributed by atoms with E-state index in [-0.39, 0.29) is 19.2 Å². The fourth-order valence-corrected chi connectivity index (χ4v) is 3.86. The van der Waals surface area contributed by atoms with E-state index in [4.69, 9.17) is 9.47 Å². The SMILES string of the molecule is CC(C)(C)OC(=O)N(C/C=C/c1ccccc1)CCOC(=O)NC1CCN(Cc2ccccc2)C1. The zero-order valence-electron chi connectivity index (χ0n) is 21.0. The number of likely N-dealkylation sites (tertiary alicyclic amines) is 1. The summed E-state index contributed by atoms with van der Waals surface area (Å²) < 4.78 is 10.9. The molecule has 2 aromatic rings. The number of benzene rings is 2. The normalized spacial score (nSPS) is 16.3. The molecule has 1 aliphatic heterocycles. The van der Waals surface area contributed by atoms with Gasteiger partial charge in [0.1, 0.15) is 12.2 Å². The molecule has 1 heterocycles. The highest BCUT2D eigenvalue weighted by Gasteiger charge is 2.25. The Morgan fingerprint density at radius 2 is 1.77 bits per heavy atom. The molecule has 1 unspecified atom stereocenters. The Morgan fingerprint density at radius 3 is 2.46 bits per heavy atom. The maximum Gasteiger partial charge on any atom is 0.410 e. The highest BCUT2D eigenvalue weighted by molar-refractivity contribution is 5.69. The molecule has 0 saturated carbocycles. The van der Waals surface area contributed by atoms with Crippen LogP contribution in [0.25, 0.3) is 6.08 Å². The van der Waals surface area contributed by atoms with Gasteiger partial charge in [-0.05, 0) is 38.3 Å². The average molecular weight is 480 g/mol. The van der Waals surface area contributed by atoms with Gasteiger partial charge in [-0.25, -0.2) is 9.59 Å². The van der Waals surface area contributed by atoms with Crippen LogP contribution in [-0.4, -0.2) is 66.4 Å². The molecule has 188 valence electrons. The third-order valence-corrected chi connectivity index (χ3v) is 5.53. The van der Waals surface area contributed by atoms with Crippen molar-refractivity contribution in [3.05, 3.63) is 77.9 Å². The minimum atomic E-state index is -0.606. The van der Waals surface area contributed by atoms with Gasteiger partial charge in [0.15, 0.2) is 0 Å². The number of ether oxygens (including phenoxy) is 2. The molecular weight excluding hydrogens is 442 g/mol. The van der Waals surface area contributed by atoms with Crippen LogP contribution in [-0.2, 0) is 16.0 Å². The zero-order valence-corrected chi connectivity index (χ0v) is 21.0. The zero-order chi connectivity index (χ0) is 25.1. The fraction of sp³-hybridized carbons (Fsp3) is 0.429. The molecule has 2 aromatic carbocycles. The van der Waals surface area contributed by atoms with Gasteiger partial charge in [0, 0.05) is 32.2 Å². The van der Waals surface area contributed by atoms with E-state index >= 15 is 0 Å². The largest absolute Gasteiger partial charge is 0.448 e. The smallest absolute Gasteiger partial charge is 0.410 e. The highest BCUT2D eigenvalue weighted by Crippen LogP contribution is 2.14. The Balaban J connectivity index is 1.43. The summed E-state index contributed by atoms with van der Waals surface area (Å²) in [5.41, 5.74) is 1.70. The van der Waals surface area contributed by atoms with Gasteiger partial charge in [0.25, 0.3) is 0 Å². The molecule has 2 amide bonds. The molecule has 3 rings (SSSR count). The second-order valence-electron chi connectivity index (χ2n) is 9.73. The van der Waals surface area contributed by atoms with Crippen LogP contribution in [0, 0.1) is 0 Å². The lowest BCUT2D eigenvalue weighted by Crippen LogP contribution is -2.41. The second-order valence-corrected chi connectivity index (χ2v) is 9.73. The van der Waals surface area contributed by atoms with Crippen molar-refractivity contribution in [2.24, 2.45) is 0 Å². The first kappa shape index (κ1) is 26.3. The van der Waals surface area contributed by atoms with Gasteiger partial charge in [-0.1, -0.05) is 72.8 Å². The van der Waals surface area contributed by atoms with Gasteiger partial charge >= 0.3 is 12.2 Å². The molecule has 1 saturated heterocycles. The minimum Gasteiger partial charge on any atom is -0.448 e. The third-order valence-electron chi connectivity index (χ3n) is 5.53. The number of nitrogens with one attached hydrogen (secondary N) is 1.